The van der Waals surface area contributed by atoms with E-state index in [2.05, 4.69) is 15.8 Å². The molecule has 9 nitrogen and oxygen atoms in total. The number of carbonyl (C=O) groups is 3. The maximum absolute atomic E-state index is 11.3. The van der Waals surface area contributed by atoms with Crippen molar-refractivity contribution in [2.24, 2.45) is 5.16 Å². The molecule has 0 aromatic heterocycles. The van der Waals surface area contributed by atoms with Crippen molar-refractivity contribution >= 4 is 23.6 Å². The summed E-state index contributed by atoms with van der Waals surface area (Å²) in [6.07, 6.45) is 2.37. The standard InChI is InChI=1S/C8H15N3O2.C8H14N2O2/c1-2-9-8(12)11-5-3-7(10-13)4-6-11;1-2-9-8(12)10-5-3-7(11)4-6-10/h13H,2-6H2,1H3,(H,9,12);2-6H2,1H3,(H,9,12). The van der Waals surface area contributed by atoms with Crippen LogP contribution in [0.5, 0.6) is 0 Å². The van der Waals surface area contributed by atoms with Gasteiger partial charge in [-0.05, 0) is 13.8 Å². The Morgan fingerprint density at radius 3 is 1.68 bits per heavy atom. The maximum Gasteiger partial charge on any atom is 0.317 e. The minimum absolute atomic E-state index is 0.0283. The van der Waals surface area contributed by atoms with E-state index >= 15 is 0 Å². The average Bonchev–Trinajstić information content (AvgIpc) is 2.63. The Hall–Kier alpha value is -2.32. The van der Waals surface area contributed by atoms with E-state index in [0.717, 1.165) is 5.71 Å². The van der Waals surface area contributed by atoms with E-state index in [-0.39, 0.29) is 17.8 Å². The van der Waals surface area contributed by atoms with E-state index in [9.17, 15) is 14.4 Å². The predicted molar refractivity (Wildman–Crippen MR) is 94.0 cm³/mol. The summed E-state index contributed by atoms with van der Waals surface area (Å²) in [5, 5.41) is 17.1. The molecule has 2 rings (SSSR count). The van der Waals surface area contributed by atoms with Crippen LogP contribution in [0.25, 0.3) is 0 Å². The fourth-order valence-electron chi connectivity index (χ4n) is 2.55. The normalized spacial score (nSPS) is 17.4. The van der Waals surface area contributed by atoms with Gasteiger partial charge in [-0.3, -0.25) is 4.79 Å². The fraction of sp³-hybridized carbons (Fsp3) is 0.750. The van der Waals surface area contributed by atoms with E-state index in [1.165, 1.54) is 0 Å². The summed E-state index contributed by atoms with van der Waals surface area (Å²) in [7, 11) is 0. The molecule has 2 aliphatic heterocycles. The summed E-state index contributed by atoms with van der Waals surface area (Å²) in [6.45, 7) is 7.50. The van der Waals surface area contributed by atoms with Crippen LogP contribution in [0.3, 0.4) is 0 Å². The number of piperidine rings is 2. The number of Topliss-reactive ketones (excluding diaryl/α,β-unsaturated/α-hetero) is 1. The highest BCUT2D eigenvalue weighted by atomic mass is 16.4. The number of ketones is 1. The van der Waals surface area contributed by atoms with E-state index in [1.807, 2.05) is 13.8 Å². The van der Waals surface area contributed by atoms with E-state index in [4.69, 9.17) is 5.21 Å². The Bertz CT molecular complexity index is 475. The van der Waals surface area contributed by atoms with Crippen molar-refractivity contribution in [1.82, 2.24) is 20.4 Å². The molecule has 2 heterocycles. The lowest BCUT2D eigenvalue weighted by molar-refractivity contribution is -0.120. The number of urea groups is 2. The molecular weight excluding hydrogens is 326 g/mol. The van der Waals surface area contributed by atoms with Crippen molar-refractivity contribution < 1.29 is 19.6 Å². The molecule has 2 saturated heterocycles. The molecule has 9 heteroatoms. The fourth-order valence-corrected chi connectivity index (χ4v) is 2.55. The lowest BCUT2D eigenvalue weighted by Crippen LogP contribution is -2.44. The lowest BCUT2D eigenvalue weighted by Gasteiger charge is -2.26. The molecule has 4 amide bonds. The Balaban J connectivity index is 0.000000251. The van der Waals surface area contributed by atoms with Crippen LogP contribution >= 0.6 is 0 Å². The van der Waals surface area contributed by atoms with Crippen LogP contribution < -0.4 is 10.6 Å². The monoisotopic (exact) mass is 355 g/mol. The van der Waals surface area contributed by atoms with Crippen LogP contribution in [0.4, 0.5) is 9.59 Å². The zero-order valence-electron chi connectivity index (χ0n) is 15.1. The predicted octanol–water partition coefficient (Wildman–Crippen LogP) is 1.02. The molecule has 0 aromatic rings. The minimum Gasteiger partial charge on any atom is -0.411 e. The Kier molecular flexibility index (Phi) is 9.34. The molecule has 2 aliphatic rings. The number of nitrogens with one attached hydrogen (secondary N) is 2. The largest absolute Gasteiger partial charge is 0.411 e. The lowest BCUT2D eigenvalue weighted by atomic mass is 10.1. The molecule has 0 unspecified atom stereocenters. The van der Waals surface area contributed by atoms with Gasteiger partial charge in [-0.1, -0.05) is 5.16 Å². The van der Waals surface area contributed by atoms with Crippen molar-refractivity contribution in [3.8, 4) is 0 Å². The summed E-state index contributed by atoms with van der Waals surface area (Å²) in [6, 6.07) is -0.0792. The summed E-state index contributed by atoms with van der Waals surface area (Å²) < 4.78 is 0. The first-order valence-corrected chi connectivity index (χ1v) is 8.78. The third kappa shape index (κ3) is 7.40. The van der Waals surface area contributed by atoms with Gasteiger partial charge in [0.2, 0.25) is 0 Å². The highest BCUT2D eigenvalue weighted by molar-refractivity contribution is 5.86. The average molecular weight is 355 g/mol. The summed E-state index contributed by atoms with van der Waals surface area (Å²) >= 11 is 0. The molecular formula is C16H29N5O4. The Morgan fingerprint density at radius 1 is 0.920 bits per heavy atom. The molecule has 0 atom stereocenters. The third-order valence-corrected chi connectivity index (χ3v) is 4.03. The highest BCUT2D eigenvalue weighted by Crippen LogP contribution is 2.07. The third-order valence-electron chi connectivity index (χ3n) is 4.03. The van der Waals surface area contributed by atoms with Gasteiger partial charge in [0.25, 0.3) is 0 Å². The molecule has 142 valence electrons. The Morgan fingerprint density at radius 2 is 1.32 bits per heavy atom. The number of nitrogens with zero attached hydrogens (tertiary/aromatic N) is 3. The van der Waals surface area contributed by atoms with Crippen LogP contribution in [0.15, 0.2) is 5.16 Å². The van der Waals surface area contributed by atoms with Crippen molar-refractivity contribution in [2.75, 3.05) is 39.3 Å². The van der Waals surface area contributed by atoms with Gasteiger partial charge in [0.15, 0.2) is 0 Å². The van der Waals surface area contributed by atoms with Gasteiger partial charge in [0.05, 0.1) is 5.71 Å². The number of carbonyl (C=O) groups excluding carboxylic acids is 3. The van der Waals surface area contributed by atoms with Gasteiger partial charge in [-0.15, -0.1) is 0 Å². The zero-order valence-corrected chi connectivity index (χ0v) is 15.1. The number of rotatable bonds is 2. The van der Waals surface area contributed by atoms with E-state index in [1.54, 1.807) is 9.80 Å². The summed E-state index contributed by atoms with van der Waals surface area (Å²) in [4.78, 5) is 36.8. The van der Waals surface area contributed by atoms with Crippen molar-refractivity contribution in [3.63, 3.8) is 0 Å². The van der Waals surface area contributed by atoms with Gasteiger partial charge in [0.1, 0.15) is 5.78 Å². The van der Waals surface area contributed by atoms with Crippen molar-refractivity contribution in [1.29, 1.82) is 0 Å². The zero-order chi connectivity index (χ0) is 18.7. The first kappa shape index (κ1) is 20.7. The number of hydrogen-bond donors (Lipinski definition) is 3. The maximum atomic E-state index is 11.3. The SMILES string of the molecule is CCNC(=O)N1CCC(=NO)CC1.CCNC(=O)N1CCC(=O)CC1. The molecule has 0 radical (unpaired) electrons. The topological polar surface area (TPSA) is 114 Å². The van der Waals surface area contributed by atoms with Gasteiger partial charge in [-0.25, -0.2) is 9.59 Å². The summed E-state index contributed by atoms with van der Waals surface area (Å²) in [5.41, 5.74) is 0.778. The van der Waals surface area contributed by atoms with Crippen molar-refractivity contribution in [2.45, 2.75) is 39.5 Å². The van der Waals surface area contributed by atoms with E-state index in [0.29, 0.717) is 65.0 Å². The molecule has 0 saturated carbocycles. The second kappa shape index (κ2) is 11.3. The smallest absolute Gasteiger partial charge is 0.317 e. The second-order valence-electron chi connectivity index (χ2n) is 5.85. The molecule has 0 aromatic carbocycles. The summed E-state index contributed by atoms with van der Waals surface area (Å²) in [5.74, 6) is 0.260. The van der Waals surface area contributed by atoms with Crippen LogP contribution in [0.1, 0.15) is 39.5 Å². The molecule has 0 spiro atoms. The van der Waals surface area contributed by atoms with Gasteiger partial charge in [0, 0.05) is 65.0 Å². The molecule has 0 bridgehead atoms. The molecule has 3 N–H and O–H groups in total. The number of likely N-dealkylation sites (tertiary alicyclic amines) is 2. The van der Waals surface area contributed by atoms with Crippen molar-refractivity contribution in [3.05, 3.63) is 0 Å². The number of oxime groups is 1. The molecule has 25 heavy (non-hydrogen) atoms. The number of hydrogen-bond acceptors (Lipinski definition) is 5. The first-order valence-electron chi connectivity index (χ1n) is 8.78. The van der Waals surface area contributed by atoms with Gasteiger partial charge in [-0.2, -0.15) is 0 Å². The quantitative estimate of drug-likeness (QED) is 0.507. The minimum atomic E-state index is -0.0509. The van der Waals surface area contributed by atoms with E-state index < -0.39 is 0 Å². The first-order chi connectivity index (χ1) is 12.0. The highest BCUT2D eigenvalue weighted by Gasteiger charge is 2.20. The van der Waals surface area contributed by atoms with Crippen LogP contribution in [0, 0.1) is 0 Å². The molecule has 2 fully saturated rings. The van der Waals surface area contributed by atoms with Gasteiger partial charge >= 0.3 is 12.1 Å². The Labute approximate surface area is 148 Å². The number of amides is 4. The second-order valence-corrected chi connectivity index (χ2v) is 5.85. The van der Waals surface area contributed by atoms with Crippen LogP contribution in [0.2, 0.25) is 0 Å². The molecule has 0 aliphatic carbocycles. The van der Waals surface area contributed by atoms with Gasteiger partial charge < -0.3 is 25.6 Å². The van der Waals surface area contributed by atoms with Crippen LogP contribution in [-0.2, 0) is 4.79 Å². The van der Waals surface area contributed by atoms with Crippen LogP contribution in [-0.4, -0.2) is 77.8 Å².